The van der Waals surface area contributed by atoms with Crippen molar-refractivity contribution in [3.05, 3.63) is 42.0 Å². The van der Waals surface area contributed by atoms with E-state index in [9.17, 15) is 9.59 Å². The van der Waals surface area contributed by atoms with E-state index in [1.165, 1.54) is 15.8 Å². The smallest absolute Gasteiger partial charge is 0.326 e. The van der Waals surface area contributed by atoms with E-state index in [0.717, 1.165) is 5.69 Å². The summed E-state index contributed by atoms with van der Waals surface area (Å²) in [5.74, 6) is -1.37. The molecule has 0 saturated carbocycles. The van der Waals surface area contributed by atoms with Crippen LogP contribution in [0, 0.1) is 0 Å². The second-order valence-electron chi connectivity index (χ2n) is 5.12. The van der Waals surface area contributed by atoms with Crippen molar-refractivity contribution in [2.24, 2.45) is 0 Å². The van der Waals surface area contributed by atoms with Crippen molar-refractivity contribution in [2.45, 2.75) is 25.4 Å². The molecule has 1 fully saturated rings. The van der Waals surface area contributed by atoms with Gasteiger partial charge in [-0.25, -0.2) is 9.48 Å². The third-order valence-corrected chi connectivity index (χ3v) is 3.61. The topological polar surface area (TPSA) is 101 Å². The van der Waals surface area contributed by atoms with Crippen LogP contribution in [-0.4, -0.2) is 54.4 Å². The Labute approximate surface area is 126 Å². The predicted octanol–water partition coefficient (Wildman–Crippen LogP) is 0.411. The molecule has 2 aromatic heterocycles. The summed E-state index contributed by atoms with van der Waals surface area (Å²) >= 11 is 0. The molecule has 0 bridgehead atoms. The van der Waals surface area contributed by atoms with Gasteiger partial charge in [-0.1, -0.05) is 11.3 Å². The number of carbonyl (C=O) groups is 2. The zero-order chi connectivity index (χ0) is 15.5. The highest BCUT2D eigenvalue weighted by molar-refractivity contribution is 5.95. The number of carbonyl (C=O) groups excluding carboxylic acids is 1. The standard InChI is InChI=1S/C14H15N5O3/c20-13(19-7-3-5-12(19)14(21)22)11-9-18(17-16-11)8-10-4-1-2-6-15-10/h1-2,4,6,9,12H,3,5,7-8H2,(H,21,22). The first-order valence-electron chi connectivity index (χ1n) is 6.99. The minimum atomic E-state index is -0.980. The van der Waals surface area contributed by atoms with Crippen molar-refractivity contribution in [3.8, 4) is 0 Å². The number of aromatic nitrogens is 4. The third-order valence-electron chi connectivity index (χ3n) is 3.61. The lowest BCUT2D eigenvalue weighted by atomic mass is 10.2. The molecular formula is C14H15N5O3. The van der Waals surface area contributed by atoms with E-state index in [0.29, 0.717) is 25.9 Å². The van der Waals surface area contributed by atoms with Gasteiger partial charge in [0.25, 0.3) is 5.91 Å². The fourth-order valence-corrected chi connectivity index (χ4v) is 2.54. The maximum Gasteiger partial charge on any atom is 0.326 e. The monoisotopic (exact) mass is 301 g/mol. The van der Waals surface area contributed by atoms with Crippen molar-refractivity contribution < 1.29 is 14.7 Å². The van der Waals surface area contributed by atoms with Gasteiger partial charge < -0.3 is 10.0 Å². The Balaban J connectivity index is 1.73. The fraction of sp³-hybridized carbons (Fsp3) is 0.357. The summed E-state index contributed by atoms with van der Waals surface area (Å²) < 4.78 is 1.52. The van der Waals surface area contributed by atoms with E-state index in [-0.39, 0.29) is 5.69 Å². The number of carboxylic acid groups (broad SMARTS) is 1. The van der Waals surface area contributed by atoms with Gasteiger partial charge in [-0.15, -0.1) is 5.10 Å². The first-order valence-corrected chi connectivity index (χ1v) is 6.99. The lowest BCUT2D eigenvalue weighted by molar-refractivity contribution is -0.141. The van der Waals surface area contributed by atoms with Crippen LogP contribution in [0.4, 0.5) is 0 Å². The quantitative estimate of drug-likeness (QED) is 0.877. The van der Waals surface area contributed by atoms with Crippen molar-refractivity contribution in [1.29, 1.82) is 0 Å². The first kappa shape index (κ1) is 14.2. The van der Waals surface area contributed by atoms with Crippen LogP contribution < -0.4 is 0 Å². The normalized spacial score (nSPS) is 17.6. The Bertz CT molecular complexity index is 685. The van der Waals surface area contributed by atoms with Crippen LogP contribution in [0.25, 0.3) is 0 Å². The van der Waals surface area contributed by atoms with Crippen LogP contribution in [-0.2, 0) is 11.3 Å². The molecule has 3 heterocycles. The minimum absolute atomic E-state index is 0.157. The number of hydrogen-bond donors (Lipinski definition) is 1. The van der Waals surface area contributed by atoms with E-state index in [2.05, 4.69) is 15.3 Å². The molecule has 0 aromatic carbocycles. The SMILES string of the molecule is O=C(O)C1CCCN1C(=O)c1cn(Cc2ccccn2)nn1. The van der Waals surface area contributed by atoms with Gasteiger partial charge in [0, 0.05) is 12.7 Å². The zero-order valence-electron chi connectivity index (χ0n) is 11.8. The Morgan fingerprint density at radius 1 is 1.36 bits per heavy atom. The van der Waals surface area contributed by atoms with Crippen LogP contribution in [0.2, 0.25) is 0 Å². The lowest BCUT2D eigenvalue weighted by Crippen LogP contribution is -2.40. The second-order valence-corrected chi connectivity index (χ2v) is 5.12. The Morgan fingerprint density at radius 2 is 2.23 bits per heavy atom. The highest BCUT2D eigenvalue weighted by Gasteiger charge is 2.35. The van der Waals surface area contributed by atoms with Gasteiger partial charge in [0.2, 0.25) is 0 Å². The lowest BCUT2D eigenvalue weighted by Gasteiger charge is -2.19. The maximum absolute atomic E-state index is 12.4. The molecule has 0 spiro atoms. The fourth-order valence-electron chi connectivity index (χ4n) is 2.54. The van der Waals surface area contributed by atoms with E-state index in [1.54, 1.807) is 6.20 Å². The molecule has 1 N–H and O–H groups in total. The molecule has 0 radical (unpaired) electrons. The van der Waals surface area contributed by atoms with Crippen LogP contribution in [0.15, 0.2) is 30.6 Å². The summed E-state index contributed by atoms with van der Waals surface area (Å²) in [5.41, 5.74) is 0.958. The largest absolute Gasteiger partial charge is 0.480 e. The first-order chi connectivity index (χ1) is 10.6. The third kappa shape index (κ3) is 2.80. The van der Waals surface area contributed by atoms with Crippen LogP contribution in [0.3, 0.4) is 0 Å². The number of amides is 1. The molecule has 2 aromatic rings. The molecule has 114 valence electrons. The highest BCUT2D eigenvalue weighted by Crippen LogP contribution is 2.19. The van der Waals surface area contributed by atoms with Gasteiger partial charge in [0.05, 0.1) is 18.4 Å². The van der Waals surface area contributed by atoms with Crippen LogP contribution >= 0.6 is 0 Å². The molecule has 22 heavy (non-hydrogen) atoms. The summed E-state index contributed by atoms with van der Waals surface area (Å²) in [4.78, 5) is 29.0. The molecule has 8 nitrogen and oxygen atoms in total. The molecule has 1 aliphatic rings. The molecule has 1 unspecified atom stereocenters. The number of carboxylic acids is 1. The number of hydrogen-bond acceptors (Lipinski definition) is 5. The number of nitrogens with zero attached hydrogens (tertiary/aromatic N) is 5. The molecule has 1 atom stereocenters. The molecule has 8 heteroatoms. The van der Waals surface area contributed by atoms with E-state index < -0.39 is 17.9 Å². The van der Waals surface area contributed by atoms with Crippen molar-refractivity contribution in [1.82, 2.24) is 24.9 Å². The average Bonchev–Trinajstić information content (AvgIpc) is 3.16. The molecule has 3 rings (SSSR count). The Morgan fingerprint density at radius 3 is 2.95 bits per heavy atom. The summed E-state index contributed by atoms with van der Waals surface area (Å²) in [5, 5.41) is 16.9. The van der Waals surface area contributed by atoms with Crippen molar-refractivity contribution in [2.75, 3.05) is 6.54 Å². The van der Waals surface area contributed by atoms with E-state index in [1.807, 2.05) is 18.2 Å². The summed E-state index contributed by atoms with van der Waals surface area (Å²) in [7, 11) is 0. The van der Waals surface area contributed by atoms with Gasteiger partial charge in [-0.3, -0.25) is 9.78 Å². The van der Waals surface area contributed by atoms with Crippen LogP contribution in [0.5, 0.6) is 0 Å². The highest BCUT2D eigenvalue weighted by atomic mass is 16.4. The Kier molecular flexibility index (Phi) is 3.82. The van der Waals surface area contributed by atoms with Gasteiger partial charge >= 0.3 is 5.97 Å². The number of pyridine rings is 1. The molecular weight excluding hydrogens is 286 g/mol. The second kappa shape index (κ2) is 5.92. The number of aliphatic carboxylic acids is 1. The maximum atomic E-state index is 12.4. The summed E-state index contributed by atoms with van der Waals surface area (Å²) in [6.45, 7) is 0.840. The van der Waals surface area contributed by atoms with E-state index >= 15 is 0 Å². The van der Waals surface area contributed by atoms with Gasteiger partial charge in [0.1, 0.15) is 6.04 Å². The number of rotatable bonds is 4. The van der Waals surface area contributed by atoms with E-state index in [4.69, 9.17) is 5.11 Å². The molecule has 1 aliphatic heterocycles. The molecule has 0 aliphatic carbocycles. The summed E-state index contributed by atoms with van der Waals surface area (Å²) in [6.07, 6.45) is 4.36. The van der Waals surface area contributed by atoms with Crippen molar-refractivity contribution >= 4 is 11.9 Å². The Hall–Kier alpha value is -2.77. The van der Waals surface area contributed by atoms with Gasteiger partial charge in [-0.05, 0) is 25.0 Å². The minimum Gasteiger partial charge on any atom is -0.480 e. The number of likely N-dealkylation sites (tertiary alicyclic amines) is 1. The van der Waals surface area contributed by atoms with Gasteiger partial charge in [0.15, 0.2) is 5.69 Å². The predicted molar refractivity (Wildman–Crippen MR) is 75.1 cm³/mol. The molecule has 1 saturated heterocycles. The zero-order valence-corrected chi connectivity index (χ0v) is 11.8. The van der Waals surface area contributed by atoms with Crippen LogP contribution in [0.1, 0.15) is 29.0 Å². The van der Waals surface area contributed by atoms with Gasteiger partial charge in [-0.2, -0.15) is 0 Å². The molecule has 1 amide bonds. The average molecular weight is 301 g/mol. The van der Waals surface area contributed by atoms with Crippen molar-refractivity contribution in [3.63, 3.8) is 0 Å². The summed E-state index contributed by atoms with van der Waals surface area (Å²) in [6, 6.07) is 4.77.